The lowest BCUT2D eigenvalue weighted by Gasteiger charge is -2.26. The van der Waals surface area contributed by atoms with Crippen molar-refractivity contribution >= 4 is 0 Å². The summed E-state index contributed by atoms with van der Waals surface area (Å²) >= 11 is 0. The van der Waals surface area contributed by atoms with Crippen molar-refractivity contribution in [1.29, 1.82) is 0 Å². The number of rotatable bonds is 5. The highest BCUT2D eigenvalue weighted by atomic mass is 19.1. The summed E-state index contributed by atoms with van der Waals surface area (Å²) in [5.41, 5.74) is 4.02. The highest BCUT2D eigenvalue weighted by Gasteiger charge is 2.19. The molecule has 0 amide bonds. The van der Waals surface area contributed by atoms with Crippen LogP contribution in [0.25, 0.3) is 0 Å². The Kier molecular flexibility index (Phi) is 5.29. The third-order valence-corrected chi connectivity index (χ3v) is 3.05. The van der Waals surface area contributed by atoms with Gasteiger partial charge in [0.05, 0.1) is 0 Å². The first-order valence-electron chi connectivity index (χ1n) is 6.53. The van der Waals surface area contributed by atoms with Crippen LogP contribution in [-0.4, -0.2) is 0 Å². The van der Waals surface area contributed by atoms with Gasteiger partial charge in [-0.15, -0.1) is 0 Å². The first-order valence-corrected chi connectivity index (χ1v) is 6.53. The second-order valence-corrected chi connectivity index (χ2v) is 6.38. The molecule has 0 fully saturated rings. The average molecular weight is 252 g/mol. The van der Waals surface area contributed by atoms with Crippen molar-refractivity contribution in [3.8, 4) is 0 Å². The van der Waals surface area contributed by atoms with Gasteiger partial charge in [-0.05, 0) is 41.9 Å². The predicted molar refractivity (Wildman–Crippen MR) is 74.3 cm³/mol. The Balaban J connectivity index is 2.67. The second kappa shape index (κ2) is 6.30. The van der Waals surface area contributed by atoms with E-state index in [-0.39, 0.29) is 11.9 Å². The molecule has 2 nitrogen and oxygen atoms in total. The number of halogens is 1. The Labute approximate surface area is 110 Å². The highest BCUT2D eigenvalue weighted by molar-refractivity contribution is 5.20. The molecule has 18 heavy (non-hydrogen) atoms. The van der Waals surface area contributed by atoms with Crippen molar-refractivity contribution in [1.82, 2.24) is 5.43 Å². The maximum absolute atomic E-state index is 13.2. The van der Waals surface area contributed by atoms with Crippen molar-refractivity contribution in [3.05, 3.63) is 35.6 Å². The molecule has 0 aliphatic carbocycles. The molecule has 0 aliphatic heterocycles. The fraction of sp³-hybridized carbons (Fsp3) is 0.600. The SMILES string of the molecule is CC(CC(NN)c1cccc(F)c1)CC(C)(C)C. The third-order valence-electron chi connectivity index (χ3n) is 3.05. The van der Waals surface area contributed by atoms with E-state index < -0.39 is 0 Å². The van der Waals surface area contributed by atoms with Gasteiger partial charge in [0.1, 0.15) is 5.82 Å². The minimum absolute atomic E-state index is 0.0121. The van der Waals surface area contributed by atoms with Gasteiger partial charge in [0.25, 0.3) is 0 Å². The van der Waals surface area contributed by atoms with Crippen LogP contribution in [0.3, 0.4) is 0 Å². The van der Waals surface area contributed by atoms with Gasteiger partial charge in [-0.25, -0.2) is 4.39 Å². The van der Waals surface area contributed by atoms with Crippen LogP contribution < -0.4 is 11.3 Å². The quantitative estimate of drug-likeness (QED) is 0.618. The van der Waals surface area contributed by atoms with Gasteiger partial charge in [-0.1, -0.05) is 39.8 Å². The number of hydrazine groups is 1. The zero-order valence-electron chi connectivity index (χ0n) is 11.8. The Morgan fingerprint density at radius 1 is 1.33 bits per heavy atom. The van der Waals surface area contributed by atoms with Crippen LogP contribution in [-0.2, 0) is 0 Å². The fourth-order valence-electron chi connectivity index (χ4n) is 2.55. The second-order valence-electron chi connectivity index (χ2n) is 6.38. The lowest BCUT2D eigenvalue weighted by molar-refractivity contribution is 0.276. The summed E-state index contributed by atoms with van der Waals surface area (Å²) in [6.07, 6.45) is 2.04. The van der Waals surface area contributed by atoms with Crippen LogP contribution in [0.2, 0.25) is 0 Å². The predicted octanol–water partition coefficient (Wildman–Crippen LogP) is 3.79. The molecule has 0 aliphatic rings. The molecule has 0 bridgehead atoms. The van der Waals surface area contributed by atoms with Gasteiger partial charge in [0.15, 0.2) is 0 Å². The zero-order valence-corrected chi connectivity index (χ0v) is 11.8. The first kappa shape index (κ1) is 15.1. The van der Waals surface area contributed by atoms with E-state index in [0.29, 0.717) is 11.3 Å². The van der Waals surface area contributed by atoms with E-state index in [1.807, 2.05) is 6.07 Å². The highest BCUT2D eigenvalue weighted by Crippen LogP contribution is 2.30. The van der Waals surface area contributed by atoms with Gasteiger partial charge >= 0.3 is 0 Å². The van der Waals surface area contributed by atoms with E-state index in [4.69, 9.17) is 5.84 Å². The van der Waals surface area contributed by atoms with Gasteiger partial charge in [0, 0.05) is 6.04 Å². The Hall–Kier alpha value is -0.930. The maximum atomic E-state index is 13.2. The standard InChI is InChI=1S/C15H25FN2/c1-11(10-15(2,3)4)8-14(18-17)12-6-5-7-13(16)9-12/h5-7,9,11,14,18H,8,10,17H2,1-4H3. The molecular formula is C15H25FN2. The molecule has 0 aromatic heterocycles. The first-order chi connectivity index (χ1) is 8.31. The van der Waals surface area contributed by atoms with Crippen LogP contribution in [0.1, 0.15) is 52.1 Å². The molecule has 0 spiro atoms. The molecule has 3 heteroatoms. The van der Waals surface area contributed by atoms with Crippen LogP contribution in [0, 0.1) is 17.2 Å². The normalized spacial score (nSPS) is 15.4. The minimum atomic E-state index is -0.212. The van der Waals surface area contributed by atoms with E-state index >= 15 is 0 Å². The third kappa shape index (κ3) is 5.15. The monoisotopic (exact) mass is 252 g/mol. The van der Waals surface area contributed by atoms with E-state index in [2.05, 4.69) is 33.1 Å². The molecule has 0 heterocycles. The number of hydrogen-bond donors (Lipinski definition) is 2. The molecule has 0 saturated carbocycles. The summed E-state index contributed by atoms with van der Waals surface area (Å²) in [7, 11) is 0. The number of benzene rings is 1. The Morgan fingerprint density at radius 2 is 2.00 bits per heavy atom. The van der Waals surface area contributed by atoms with Crippen molar-refractivity contribution < 1.29 is 4.39 Å². The maximum Gasteiger partial charge on any atom is 0.123 e. The zero-order chi connectivity index (χ0) is 13.8. The van der Waals surface area contributed by atoms with Crippen LogP contribution in [0.5, 0.6) is 0 Å². The van der Waals surface area contributed by atoms with E-state index in [1.165, 1.54) is 6.07 Å². The molecule has 1 aromatic carbocycles. The number of nitrogens with one attached hydrogen (secondary N) is 1. The Morgan fingerprint density at radius 3 is 2.50 bits per heavy atom. The molecule has 0 radical (unpaired) electrons. The Bertz CT molecular complexity index is 371. The van der Waals surface area contributed by atoms with Crippen LogP contribution in [0.15, 0.2) is 24.3 Å². The molecule has 2 unspecified atom stereocenters. The molecule has 2 atom stereocenters. The van der Waals surface area contributed by atoms with Crippen molar-refractivity contribution in [2.24, 2.45) is 17.2 Å². The summed E-state index contributed by atoms with van der Waals surface area (Å²) in [6.45, 7) is 8.92. The summed E-state index contributed by atoms with van der Waals surface area (Å²) in [5, 5.41) is 0. The van der Waals surface area contributed by atoms with Gasteiger partial charge in [-0.3, -0.25) is 11.3 Å². The summed E-state index contributed by atoms with van der Waals surface area (Å²) in [5.74, 6) is 5.92. The van der Waals surface area contributed by atoms with Crippen molar-refractivity contribution in [3.63, 3.8) is 0 Å². The van der Waals surface area contributed by atoms with E-state index in [9.17, 15) is 4.39 Å². The van der Waals surface area contributed by atoms with Crippen molar-refractivity contribution in [2.45, 2.75) is 46.6 Å². The van der Waals surface area contributed by atoms with E-state index in [0.717, 1.165) is 18.4 Å². The molecule has 0 saturated heterocycles. The van der Waals surface area contributed by atoms with Crippen molar-refractivity contribution in [2.75, 3.05) is 0 Å². The summed E-state index contributed by atoms with van der Waals surface area (Å²) in [6, 6.07) is 6.66. The minimum Gasteiger partial charge on any atom is -0.271 e. The fourth-order valence-corrected chi connectivity index (χ4v) is 2.55. The molecular weight excluding hydrogens is 227 g/mol. The molecule has 1 rings (SSSR count). The topological polar surface area (TPSA) is 38.0 Å². The lowest BCUT2D eigenvalue weighted by atomic mass is 9.82. The largest absolute Gasteiger partial charge is 0.271 e. The summed E-state index contributed by atoms with van der Waals surface area (Å²) < 4.78 is 13.2. The smallest absolute Gasteiger partial charge is 0.123 e. The average Bonchev–Trinajstić information content (AvgIpc) is 2.23. The molecule has 3 N–H and O–H groups in total. The number of nitrogens with two attached hydrogens (primary N) is 1. The van der Waals surface area contributed by atoms with Crippen LogP contribution in [0.4, 0.5) is 4.39 Å². The van der Waals surface area contributed by atoms with Gasteiger partial charge in [-0.2, -0.15) is 0 Å². The van der Waals surface area contributed by atoms with Gasteiger partial charge in [0.2, 0.25) is 0 Å². The lowest BCUT2D eigenvalue weighted by Crippen LogP contribution is -2.30. The number of hydrogen-bond acceptors (Lipinski definition) is 2. The molecule has 102 valence electrons. The summed E-state index contributed by atoms with van der Waals surface area (Å²) in [4.78, 5) is 0. The molecule has 1 aromatic rings. The van der Waals surface area contributed by atoms with Crippen LogP contribution >= 0.6 is 0 Å². The van der Waals surface area contributed by atoms with Gasteiger partial charge < -0.3 is 0 Å². The van der Waals surface area contributed by atoms with E-state index in [1.54, 1.807) is 12.1 Å².